The maximum absolute atomic E-state index is 11.8. The predicted octanol–water partition coefficient (Wildman–Crippen LogP) is 1.34. The number of rotatable bonds is 3. The number of nitrogens with one attached hydrogen (secondary N) is 2. The number of halogens is 1. The number of H-pyrrole nitrogens is 1. The molecule has 1 fully saturated rings. The molecule has 1 aliphatic rings. The summed E-state index contributed by atoms with van der Waals surface area (Å²) in [4.78, 5) is 26.3. The van der Waals surface area contributed by atoms with E-state index in [4.69, 9.17) is 0 Å². The van der Waals surface area contributed by atoms with Gasteiger partial charge < -0.3 is 10.3 Å². The minimum absolute atomic E-state index is 0.131. The molecule has 0 aromatic carbocycles. The summed E-state index contributed by atoms with van der Waals surface area (Å²) in [6.07, 6.45) is 3.40. The molecular formula is C11H13BrN2O2. The van der Waals surface area contributed by atoms with Crippen molar-refractivity contribution >= 4 is 21.8 Å². The molecule has 0 saturated heterocycles. The summed E-state index contributed by atoms with van der Waals surface area (Å²) in [5, 5.41) is 3.62. The average molecular weight is 285 g/mol. The number of hydrogen-bond acceptors (Lipinski definition) is 2. The van der Waals surface area contributed by atoms with E-state index in [0.29, 0.717) is 0 Å². The van der Waals surface area contributed by atoms with E-state index < -0.39 is 0 Å². The van der Waals surface area contributed by atoms with Crippen molar-refractivity contribution in [3.63, 3.8) is 0 Å². The van der Waals surface area contributed by atoms with Crippen molar-refractivity contribution in [1.82, 2.24) is 10.3 Å². The summed E-state index contributed by atoms with van der Waals surface area (Å²) in [5.74, 6) is -0.293. The second-order valence-electron chi connectivity index (χ2n) is 4.26. The zero-order valence-electron chi connectivity index (χ0n) is 8.97. The van der Waals surface area contributed by atoms with Gasteiger partial charge in [0.25, 0.3) is 5.91 Å². The Morgan fingerprint density at radius 2 is 2.31 bits per heavy atom. The maximum atomic E-state index is 11.8. The minimum atomic E-state index is -0.293. The lowest BCUT2D eigenvalue weighted by Crippen LogP contribution is -2.40. The number of hydrogen-bond donors (Lipinski definition) is 2. The van der Waals surface area contributed by atoms with Crippen LogP contribution in [0.15, 0.2) is 17.1 Å². The van der Waals surface area contributed by atoms with E-state index in [-0.39, 0.29) is 22.4 Å². The monoisotopic (exact) mass is 284 g/mol. The van der Waals surface area contributed by atoms with Gasteiger partial charge in [0, 0.05) is 23.3 Å². The molecule has 2 N–H and O–H groups in total. The maximum Gasteiger partial charge on any atom is 0.257 e. The molecule has 16 heavy (non-hydrogen) atoms. The molecule has 5 heteroatoms. The van der Waals surface area contributed by atoms with Crippen LogP contribution in [-0.4, -0.2) is 21.8 Å². The number of aryl methyl sites for hydroxylation is 1. The van der Waals surface area contributed by atoms with Gasteiger partial charge in [-0.1, -0.05) is 15.9 Å². The van der Waals surface area contributed by atoms with Crippen LogP contribution in [0.25, 0.3) is 0 Å². The zero-order valence-corrected chi connectivity index (χ0v) is 10.6. The van der Waals surface area contributed by atoms with Gasteiger partial charge in [-0.05, 0) is 19.8 Å². The highest BCUT2D eigenvalue weighted by molar-refractivity contribution is 9.09. The average Bonchev–Trinajstić information content (AvgIpc) is 2.98. The van der Waals surface area contributed by atoms with E-state index in [0.717, 1.165) is 23.9 Å². The van der Waals surface area contributed by atoms with Gasteiger partial charge in [-0.25, -0.2) is 0 Å². The molecule has 86 valence electrons. The van der Waals surface area contributed by atoms with E-state index in [1.807, 2.05) is 0 Å². The highest BCUT2D eigenvalue weighted by atomic mass is 79.9. The molecule has 4 nitrogen and oxygen atoms in total. The second kappa shape index (κ2) is 4.05. The molecule has 1 saturated carbocycles. The fourth-order valence-electron chi connectivity index (χ4n) is 1.50. The first-order valence-corrected chi connectivity index (χ1v) is 6.26. The van der Waals surface area contributed by atoms with Crippen molar-refractivity contribution in [2.45, 2.75) is 25.3 Å². The van der Waals surface area contributed by atoms with Gasteiger partial charge in [0.1, 0.15) is 5.56 Å². The smallest absolute Gasteiger partial charge is 0.257 e. The summed E-state index contributed by atoms with van der Waals surface area (Å²) in [5.41, 5.74) is 0.564. The predicted molar refractivity (Wildman–Crippen MR) is 65.0 cm³/mol. The molecule has 2 rings (SSSR count). The highest BCUT2D eigenvalue weighted by Crippen LogP contribution is 2.36. The molecule has 1 aliphatic carbocycles. The zero-order chi connectivity index (χ0) is 11.8. The second-order valence-corrected chi connectivity index (χ2v) is 4.82. The molecule has 1 amide bonds. The van der Waals surface area contributed by atoms with Crippen molar-refractivity contribution in [1.29, 1.82) is 0 Å². The Morgan fingerprint density at radius 3 is 2.81 bits per heavy atom. The highest BCUT2D eigenvalue weighted by Gasteiger charge is 2.43. The third-order valence-corrected chi connectivity index (χ3v) is 3.86. The van der Waals surface area contributed by atoms with E-state index in [2.05, 4.69) is 26.2 Å². The van der Waals surface area contributed by atoms with Crippen LogP contribution in [0.1, 0.15) is 28.9 Å². The largest absolute Gasteiger partial charge is 0.364 e. The first-order chi connectivity index (χ1) is 7.56. The molecule has 1 aromatic rings. The molecule has 0 bridgehead atoms. The third kappa shape index (κ3) is 2.19. The number of pyridine rings is 1. The summed E-state index contributed by atoms with van der Waals surface area (Å²) in [6, 6.07) is 1.43. The Labute approximate surface area is 102 Å². The van der Waals surface area contributed by atoms with Gasteiger partial charge in [-0.3, -0.25) is 9.59 Å². The summed E-state index contributed by atoms with van der Waals surface area (Å²) in [6.45, 7) is 1.78. The first-order valence-electron chi connectivity index (χ1n) is 5.14. The molecule has 0 unspecified atom stereocenters. The normalized spacial score (nSPS) is 16.9. The van der Waals surface area contributed by atoms with E-state index in [1.54, 1.807) is 6.92 Å². The number of aromatic amines is 1. The topological polar surface area (TPSA) is 62.0 Å². The van der Waals surface area contributed by atoms with Crippen molar-refractivity contribution < 1.29 is 4.79 Å². The molecule has 0 atom stereocenters. The van der Waals surface area contributed by atoms with Crippen LogP contribution < -0.4 is 10.7 Å². The molecule has 1 aromatic heterocycles. The quantitative estimate of drug-likeness (QED) is 0.823. The van der Waals surface area contributed by atoms with Gasteiger partial charge in [-0.15, -0.1) is 0 Å². The SMILES string of the molecule is Cc1cc(=O)c(C(=O)NC2(CBr)CC2)c[nH]1. The van der Waals surface area contributed by atoms with E-state index in [1.165, 1.54) is 12.3 Å². The lowest BCUT2D eigenvalue weighted by atomic mass is 10.2. The van der Waals surface area contributed by atoms with Crippen LogP contribution >= 0.6 is 15.9 Å². The molecular weight excluding hydrogens is 272 g/mol. The van der Waals surface area contributed by atoms with Crippen LogP contribution in [0.2, 0.25) is 0 Å². The number of carbonyl (C=O) groups is 1. The fraction of sp³-hybridized carbons (Fsp3) is 0.455. The Hall–Kier alpha value is -1.10. The van der Waals surface area contributed by atoms with Crippen LogP contribution in [-0.2, 0) is 0 Å². The van der Waals surface area contributed by atoms with Crippen molar-refractivity contribution in [3.8, 4) is 0 Å². The third-order valence-electron chi connectivity index (χ3n) is 2.79. The van der Waals surface area contributed by atoms with Crippen LogP contribution in [0.4, 0.5) is 0 Å². The van der Waals surface area contributed by atoms with Crippen molar-refractivity contribution in [2.75, 3.05) is 5.33 Å². The Morgan fingerprint density at radius 1 is 1.62 bits per heavy atom. The number of aromatic nitrogens is 1. The van der Waals surface area contributed by atoms with Crippen LogP contribution in [0, 0.1) is 6.92 Å². The first kappa shape index (κ1) is 11.4. The minimum Gasteiger partial charge on any atom is -0.364 e. The van der Waals surface area contributed by atoms with Gasteiger partial charge in [0.15, 0.2) is 5.43 Å². The van der Waals surface area contributed by atoms with E-state index in [9.17, 15) is 9.59 Å². The van der Waals surface area contributed by atoms with Gasteiger partial charge in [-0.2, -0.15) is 0 Å². The van der Waals surface area contributed by atoms with Crippen LogP contribution in [0.3, 0.4) is 0 Å². The molecule has 0 spiro atoms. The summed E-state index contributed by atoms with van der Waals surface area (Å²) in [7, 11) is 0. The summed E-state index contributed by atoms with van der Waals surface area (Å²) < 4.78 is 0. The Bertz CT molecular complexity index is 477. The van der Waals surface area contributed by atoms with Crippen molar-refractivity contribution in [2.24, 2.45) is 0 Å². The Kier molecular flexibility index (Phi) is 2.88. The van der Waals surface area contributed by atoms with Gasteiger partial charge in [0.2, 0.25) is 0 Å². The fourth-order valence-corrected chi connectivity index (χ4v) is 2.20. The van der Waals surface area contributed by atoms with E-state index >= 15 is 0 Å². The molecule has 1 heterocycles. The number of carbonyl (C=O) groups excluding carboxylic acids is 1. The molecule has 0 radical (unpaired) electrons. The van der Waals surface area contributed by atoms with Gasteiger partial charge >= 0.3 is 0 Å². The Balaban J connectivity index is 2.18. The lowest BCUT2D eigenvalue weighted by molar-refractivity contribution is 0.0935. The standard InChI is InChI=1S/C11H13BrN2O2/c1-7-4-9(15)8(5-13-7)10(16)14-11(6-12)2-3-11/h4-5H,2-3,6H2,1H3,(H,13,15)(H,14,16). The van der Waals surface area contributed by atoms with Crippen LogP contribution in [0.5, 0.6) is 0 Å². The van der Waals surface area contributed by atoms with Crippen molar-refractivity contribution in [3.05, 3.63) is 33.7 Å². The lowest BCUT2D eigenvalue weighted by Gasteiger charge is -2.13. The van der Waals surface area contributed by atoms with Gasteiger partial charge in [0.05, 0.1) is 5.54 Å². The number of amides is 1. The summed E-state index contributed by atoms with van der Waals surface area (Å²) >= 11 is 3.36. The molecule has 0 aliphatic heterocycles. The number of alkyl halides is 1.